The Labute approximate surface area is 114 Å². The zero-order valence-corrected chi connectivity index (χ0v) is 11.5. The third-order valence-electron chi connectivity index (χ3n) is 2.35. The van der Waals surface area contributed by atoms with Crippen LogP contribution in [0.4, 0.5) is 0 Å². The number of aromatic nitrogens is 6. The Morgan fingerprint density at radius 3 is 3.11 bits per heavy atom. The van der Waals surface area contributed by atoms with Gasteiger partial charge < -0.3 is 9.88 Å². The van der Waals surface area contributed by atoms with Gasteiger partial charge in [0.2, 0.25) is 5.91 Å². The maximum absolute atomic E-state index is 11.7. The van der Waals surface area contributed by atoms with Gasteiger partial charge in [0, 0.05) is 6.04 Å². The molecule has 2 aromatic heterocycles. The number of nitrogens with zero attached hydrogens (tertiary/aromatic N) is 5. The number of thioether (sulfide) groups is 1. The number of carbonyl (C=O) groups excluding carboxylic acids is 1. The molecule has 0 aliphatic carbocycles. The molecule has 0 fully saturated rings. The van der Waals surface area contributed by atoms with Crippen molar-refractivity contribution in [2.24, 2.45) is 0 Å². The van der Waals surface area contributed by atoms with Crippen LogP contribution in [-0.2, 0) is 11.3 Å². The number of aromatic amines is 1. The number of carbonyl (C=O) groups is 1. The lowest BCUT2D eigenvalue weighted by molar-refractivity contribution is -0.118. The smallest absolute Gasteiger partial charge is 0.230 e. The van der Waals surface area contributed by atoms with E-state index in [-0.39, 0.29) is 11.9 Å². The van der Waals surface area contributed by atoms with Crippen LogP contribution in [0.2, 0.25) is 0 Å². The van der Waals surface area contributed by atoms with E-state index in [1.165, 1.54) is 18.1 Å². The second kappa shape index (κ2) is 6.32. The number of hydrogen-bond acceptors (Lipinski definition) is 6. The second-order valence-corrected chi connectivity index (χ2v) is 5.05. The molecule has 0 aliphatic rings. The summed E-state index contributed by atoms with van der Waals surface area (Å²) < 4.78 is 1.92. The van der Waals surface area contributed by atoms with Gasteiger partial charge in [-0.2, -0.15) is 5.10 Å². The van der Waals surface area contributed by atoms with E-state index in [1.807, 2.05) is 18.4 Å². The fraction of sp³-hybridized carbons (Fsp3) is 0.500. The van der Waals surface area contributed by atoms with Crippen molar-refractivity contribution in [1.82, 2.24) is 35.3 Å². The van der Waals surface area contributed by atoms with Crippen molar-refractivity contribution in [3.63, 3.8) is 0 Å². The van der Waals surface area contributed by atoms with Crippen molar-refractivity contribution < 1.29 is 4.79 Å². The first-order valence-corrected chi connectivity index (χ1v) is 6.78. The molecule has 1 amide bonds. The molecule has 2 N–H and O–H groups in total. The molecule has 0 aromatic carbocycles. The monoisotopic (exact) mass is 281 g/mol. The van der Waals surface area contributed by atoms with Crippen molar-refractivity contribution in [3.05, 3.63) is 18.5 Å². The molecular formula is C10H15N7OS. The molecule has 102 valence electrons. The van der Waals surface area contributed by atoms with Crippen LogP contribution in [0.25, 0.3) is 0 Å². The highest BCUT2D eigenvalue weighted by atomic mass is 32.2. The number of nitrogens with one attached hydrogen (secondary N) is 2. The summed E-state index contributed by atoms with van der Waals surface area (Å²) in [6.45, 7) is 4.42. The molecule has 0 aliphatic heterocycles. The summed E-state index contributed by atoms with van der Waals surface area (Å²) >= 11 is 1.36. The van der Waals surface area contributed by atoms with Gasteiger partial charge in [-0.15, -0.1) is 10.2 Å². The van der Waals surface area contributed by atoms with Crippen molar-refractivity contribution in [2.45, 2.75) is 31.6 Å². The number of H-pyrrole nitrogens is 1. The SMILES string of the molecule is CC(C)n1cnnc1SCC(=O)NCc1ncn[nH]1. The Morgan fingerprint density at radius 1 is 1.58 bits per heavy atom. The Kier molecular flexibility index (Phi) is 4.50. The third-order valence-corrected chi connectivity index (χ3v) is 3.30. The highest BCUT2D eigenvalue weighted by Gasteiger charge is 2.10. The Hall–Kier alpha value is -1.90. The van der Waals surface area contributed by atoms with Crippen LogP contribution in [0.5, 0.6) is 0 Å². The van der Waals surface area contributed by atoms with E-state index in [2.05, 4.69) is 30.7 Å². The highest BCUT2D eigenvalue weighted by molar-refractivity contribution is 7.99. The Bertz CT molecular complexity index is 522. The fourth-order valence-electron chi connectivity index (χ4n) is 1.37. The van der Waals surface area contributed by atoms with Gasteiger partial charge in [0.15, 0.2) is 5.16 Å². The average Bonchev–Trinajstić information content (AvgIpc) is 3.04. The van der Waals surface area contributed by atoms with E-state index < -0.39 is 0 Å². The summed E-state index contributed by atoms with van der Waals surface area (Å²) in [7, 11) is 0. The molecule has 0 unspecified atom stereocenters. The zero-order valence-electron chi connectivity index (χ0n) is 10.7. The molecule has 19 heavy (non-hydrogen) atoms. The summed E-state index contributed by atoms with van der Waals surface area (Å²) in [6.07, 6.45) is 3.07. The quantitative estimate of drug-likeness (QED) is 0.743. The second-order valence-electron chi connectivity index (χ2n) is 4.11. The lowest BCUT2D eigenvalue weighted by atomic mass is 10.4. The molecule has 0 saturated heterocycles. The first kappa shape index (κ1) is 13.5. The normalized spacial score (nSPS) is 10.9. The zero-order chi connectivity index (χ0) is 13.7. The summed E-state index contributed by atoms with van der Waals surface area (Å²) in [5.41, 5.74) is 0. The molecule has 2 heterocycles. The Balaban J connectivity index is 1.78. The van der Waals surface area contributed by atoms with Gasteiger partial charge >= 0.3 is 0 Å². The highest BCUT2D eigenvalue weighted by Crippen LogP contribution is 2.18. The summed E-state index contributed by atoms with van der Waals surface area (Å²) in [6, 6.07) is 0.273. The van der Waals surface area contributed by atoms with Crippen LogP contribution in [0.15, 0.2) is 17.8 Å². The topological polar surface area (TPSA) is 101 Å². The molecule has 0 bridgehead atoms. The number of hydrogen-bond donors (Lipinski definition) is 2. The van der Waals surface area contributed by atoms with E-state index in [4.69, 9.17) is 0 Å². The molecular weight excluding hydrogens is 266 g/mol. The van der Waals surface area contributed by atoms with Gasteiger partial charge in [0.1, 0.15) is 18.5 Å². The summed E-state index contributed by atoms with van der Waals surface area (Å²) in [4.78, 5) is 15.6. The summed E-state index contributed by atoms with van der Waals surface area (Å²) in [5, 5.41) is 17.7. The lowest BCUT2D eigenvalue weighted by Gasteiger charge is -2.09. The fourth-order valence-corrected chi connectivity index (χ4v) is 2.24. The molecule has 0 spiro atoms. The van der Waals surface area contributed by atoms with Crippen LogP contribution in [0.3, 0.4) is 0 Å². The molecule has 0 radical (unpaired) electrons. The Morgan fingerprint density at radius 2 is 2.42 bits per heavy atom. The minimum absolute atomic E-state index is 0.0836. The van der Waals surface area contributed by atoms with Crippen molar-refractivity contribution in [1.29, 1.82) is 0 Å². The minimum Gasteiger partial charge on any atom is -0.348 e. The molecule has 2 rings (SSSR count). The first-order chi connectivity index (χ1) is 9.16. The van der Waals surface area contributed by atoms with Crippen molar-refractivity contribution in [2.75, 3.05) is 5.75 Å². The van der Waals surface area contributed by atoms with E-state index >= 15 is 0 Å². The average molecular weight is 281 g/mol. The number of rotatable bonds is 6. The van der Waals surface area contributed by atoms with Crippen LogP contribution < -0.4 is 5.32 Å². The molecule has 2 aromatic rings. The molecule has 9 heteroatoms. The van der Waals surface area contributed by atoms with Gasteiger partial charge in [-0.05, 0) is 13.8 Å². The number of amides is 1. The van der Waals surface area contributed by atoms with Crippen LogP contribution >= 0.6 is 11.8 Å². The van der Waals surface area contributed by atoms with E-state index in [9.17, 15) is 4.79 Å². The van der Waals surface area contributed by atoms with Crippen LogP contribution in [-0.4, -0.2) is 41.6 Å². The largest absolute Gasteiger partial charge is 0.348 e. The van der Waals surface area contributed by atoms with Gasteiger partial charge in [0.25, 0.3) is 0 Å². The van der Waals surface area contributed by atoms with Crippen LogP contribution in [0.1, 0.15) is 25.7 Å². The van der Waals surface area contributed by atoms with E-state index in [0.29, 0.717) is 18.1 Å². The summed E-state index contributed by atoms with van der Waals surface area (Å²) in [5.74, 6) is 0.836. The molecule has 0 saturated carbocycles. The van der Waals surface area contributed by atoms with Gasteiger partial charge in [-0.25, -0.2) is 4.98 Å². The van der Waals surface area contributed by atoms with Gasteiger partial charge in [-0.1, -0.05) is 11.8 Å². The van der Waals surface area contributed by atoms with Gasteiger partial charge in [0.05, 0.1) is 12.3 Å². The predicted octanol–water partition coefficient (Wildman–Crippen LogP) is 0.386. The maximum atomic E-state index is 11.7. The van der Waals surface area contributed by atoms with Crippen molar-refractivity contribution in [3.8, 4) is 0 Å². The van der Waals surface area contributed by atoms with E-state index in [0.717, 1.165) is 5.16 Å². The van der Waals surface area contributed by atoms with Gasteiger partial charge in [-0.3, -0.25) is 9.89 Å². The first-order valence-electron chi connectivity index (χ1n) is 5.80. The predicted molar refractivity (Wildman–Crippen MR) is 69.4 cm³/mol. The van der Waals surface area contributed by atoms with E-state index in [1.54, 1.807) is 6.33 Å². The minimum atomic E-state index is -0.0836. The maximum Gasteiger partial charge on any atom is 0.230 e. The standard InChI is InChI=1S/C10H15N7OS/c1-7(2)17-6-14-16-10(17)19-4-9(18)11-3-8-12-5-13-15-8/h5-7H,3-4H2,1-2H3,(H,11,18)(H,12,13,15). The third kappa shape index (κ3) is 3.78. The molecule has 8 nitrogen and oxygen atoms in total. The van der Waals surface area contributed by atoms with Crippen molar-refractivity contribution >= 4 is 17.7 Å². The molecule has 0 atom stereocenters. The lowest BCUT2D eigenvalue weighted by Crippen LogP contribution is -2.25. The van der Waals surface area contributed by atoms with Crippen LogP contribution in [0, 0.1) is 0 Å².